The summed E-state index contributed by atoms with van der Waals surface area (Å²) in [6, 6.07) is 17.0. The lowest BCUT2D eigenvalue weighted by atomic mass is 10.1. The van der Waals surface area contributed by atoms with Crippen LogP contribution in [0.5, 0.6) is 0 Å². The molecule has 0 spiro atoms. The highest BCUT2D eigenvalue weighted by molar-refractivity contribution is 8.00. The van der Waals surface area contributed by atoms with Gasteiger partial charge in [-0.05, 0) is 43.7 Å². The Morgan fingerprint density at radius 2 is 1.81 bits per heavy atom. The van der Waals surface area contributed by atoms with Gasteiger partial charge in [-0.2, -0.15) is 0 Å². The fourth-order valence-electron chi connectivity index (χ4n) is 2.68. The van der Waals surface area contributed by atoms with E-state index < -0.39 is 5.25 Å². The zero-order valence-corrected chi connectivity index (χ0v) is 16.7. The monoisotopic (exact) mass is 401 g/mol. The van der Waals surface area contributed by atoms with Gasteiger partial charge in [0.1, 0.15) is 5.25 Å². The van der Waals surface area contributed by atoms with Crippen LogP contribution in [0.4, 0.5) is 0 Å². The maximum Gasteiger partial charge on any atom is 0.324 e. The molecule has 0 bridgehead atoms. The molecule has 1 heterocycles. The molecular formula is C20H20ClN3O2S. The van der Waals surface area contributed by atoms with E-state index in [1.807, 2.05) is 66.1 Å². The Morgan fingerprint density at radius 3 is 2.44 bits per heavy atom. The molecule has 0 aliphatic heterocycles. The summed E-state index contributed by atoms with van der Waals surface area (Å²) in [5.41, 5.74) is 1.80. The molecule has 0 amide bonds. The predicted octanol–water partition coefficient (Wildman–Crippen LogP) is 5.01. The van der Waals surface area contributed by atoms with Gasteiger partial charge in [0.2, 0.25) is 0 Å². The lowest BCUT2D eigenvalue weighted by molar-refractivity contribution is -0.142. The van der Waals surface area contributed by atoms with Gasteiger partial charge < -0.3 is 9.30 Å². The minimum atomic E-state index is -0.501. The number of carbonyl (C=O) groups excluding carboxylic acids is 1. The second-order valence-electron chi connectivity index (χ2n) is 5.72. The van der Waals surface area contributed by atoms with Gasteiger partial charge in [0.05, 0.1) is 6.61 Å². The number of carbonyl (C=O) groups is 1. The van der Waals surface area contributed by atoms with Gasteiger partial charge >= 0.3 is 5.97 Å². The van der Waals surface area contributed by atoms with Crippen molar-refractivity contribution in [2.75, 3.05) is 6.61 Å². The van der Waals surface area contributed by atoms with Gasteiger partial charge in [-0.15, -0.1) is 10.2 Å². The Hall–Kier alpha value is -2.31. The van der Waals surface area contributed by atoms with Gasteiger partial charge in [-0.3, -0.25) is 4.79 Å². The Kier molecular flexibility index (Phi) is 6.53. The molecule has 1 aromatic heterocycles. The van der Waals surface area contributed by atoms with Gasteiger partial charge in [0.15, 0.2) is 11.0 Å². The predicted molar refractivity (Wildman–Crippen MR) is 108 cm³/mol. The number of ether oxygens (including phenoxy) is 1. The molecule has 0 aliphatic rings. The molecule has 0 unspecified atom stereocenters. The van der Waals surface area contributed by atoms with E-state index in [0.717, 1.165) is 17.0 Å². The number of rotatable bonds is 7. The van der Waals surface area contributed by atoms with Crippen LogP contribution in [0.25, 0.3) is 11.4 Å². The summed E-state index contributed by atoms with van der Waals surface area (Å²) in [7, 11) is 0. The third-order valence-electron chi connectivity index (χ3n) is 3.96. The number of halogens is 1. The van der Waals surface area contributed by atoms with E-state index in [1.54, 1.807) is 6.92 Å². The Bertz CT molecular complexity index is 897. The quantitative estimate of drug-likeness (QED) is 0.411. The first-order valence-corrected chi connectivity index (χ1v) is 9.97. The molecule has 140 valence electrons. The van der Waals surface area contributed by atoms with Crippen LogP contribution >= 0.6 is 23.4 Å². The summed E-state index contributed by atoms with van der Waals surface area (Å²) in [5.74, 6) is 0.458. The van der Waals surface area contributed by atoms with Gasteiger partial charge in [-0.1, -0.05) is 53.7 Å². The second-order valence-corrected chi connectivity index (χ2v) is 7.23. The Balaban J connectivity index is 1.94. The van der Waals surface area contributed by atoms with Crippen LogP contribution in [0.1, 0.15) is 24.7 Å². The van der Waals surface area contributed by atoms with E-state index >= 15 is 0 Å². The van der Waals surface area contributed by atoms with Crippen LogP contribution in [-0.2, 0) is 16.1 Å². The normalized spacial score (nSPS) is 12.0. The van der Waals surface area contributed by atoms with Crippen molar-refractivity contribution in [2.45, 2.75) is 30.8 Å². The number of benzene rings is 2. The maximum atomic E-state index is 12.5. The average Bonchev–Trinajstić information content (AvgIpc) is 3.10. The molecule has 0 radical (unpaired) electrons. The third kappa shape index (κ3) is 4.51. The summed E-state index contributed by atoms with van der Waals surface area (Å²) >= 11 is 7.33. The topological polar surface area (TPSA) is 57.0 Å². The molecule has 0 aliphatic carbocycles. The van der Waals surface area contributed by atoms with Crippen molar-refractivity contribution >= 4 is 29.3 Å². The lowest BCUT2D eigenvalue weighted by Gasteiger charge is -2.16. The zero-order valence-electron chi connectivity index (χ0n) is 15.1. The van der Waals surface area contributed by atoms with Crippen molar-refractivity contribution in [3.8, 4) is 11.4 Å². The highest BCUT2D eigenvalue weighted by atomic mass is 35.5. The lowest BCUT2D eigenvalue weighted by Crippen LogP contribution is -2.14. The van der Waals surface area contributed by atoms with Gasteiger partial charge in [-0.25, -0.2) is 0 Å². The summed E-state index contributed by atoms with van der Waals surface area (Å²) in [4.78, 5) is 12.5. The maximum absolute atomic E-state index is 12.5. The molecule has 1 atom stereocenters. The third-order valence-corrected chi connectivity index (χ3v) is 5.43. The van der Waals surface area contributed by atoms with E-state index in [2.05, 4.69) is 10.2 Å². The van der Waals surface area contributed by atoms with Gasteiger partial charge in [0.25, 0.3) is 0 Å². The Labute approximate surface area is 167 Å². The van der Waals surface area contributed by atoms with E-state index in [0.29, 0.717) is 23.3 Å². The van der Waals surface area contributed by atoms with Crippen molar-refractivity contribution in [1.29, 1.82) is 0 Å². The number of hydrogen-bond acceptors (Lipinski definition) is 5. The van der Waals surface area contributed by atoms with Crippen molar-refractivity contribution in [1.82, 2.24) is 14.8 Å². The van der Waals surface area contributed by atoms with Crippen molar-refractivity contribution in [2.24, 2.45) is 0 Å². The first-order chi connectivity index (χ1) is 13.1. The van der Waals surface area contributed by atoms with Crippen LogP contribution in [0.15, 0.2) is 59.8 Å². The van der Waals surface area contributed by atoms with Crippen LogP contribution in [0, 0.1) is 0 Å². The fourth-order valence-corrected chi connectivity index (χ4v) is 3.90. The number of nitrogens with zero attached hydrogens (tertiary/aromatic N) is 3. The molecule has 3 aromatic rings. The number of esters is 1. The largest absolute Gasteiger partial charge is 0.465 e. The minimum absolute atomic E-state index is 0.285. The van der Waals surface area contributed by atoms with Gasteiger partial charge in [0, 0.05) is 17.1 Å². The molecule has 3 rings (SSSR count). The van der Waals surface area contributed by atoms with Crippen LogP contribution in [0.2, 0.25) is 5.02 Å². The molecule has 0 fully saturated rings. The van der Waals surface area contributed by atoms with E-state index in [-0.39, 0.29) is 5.97 Å². The number of aromatic nitrogens is 3. The average molecular weight is 402 g/mol. The van der Waals surface area contributed by atoms with E-state index in [1.165, 1.54) is 11.8 Å². The minimum Gasteiger partial charge on any atom is -0.465 e. The SMILES string of the molecule is CCOC(=O)[C@@H](Sc1nnc(-c2ccc(Cl)cc2)n1CC)c1ccccc1. The highest BCUT2D eigenvalue weighted by Crippen LogP contribution is 2.36. The summed E-state index contributed by atoms with van der Waals surface area (Å²) < 4.78 is 7.27. The number of thioether (sulfide) groups is 1. The molecule has 0 N–H and O–H groups in total. The molecule has 27 heavy (non-hydrogen) atoms. The van der Waals surface area contributed by atoms with Crippen molar-refractivity contribution in [3.05, 3.63) is 65.2 Å². The second kappa shape index (κ2) is 9.06. The molecular weight excluding hydrogens is 382 g/mol. The molecule has 5 nitrogen and oxygen atoms in total. The van der Waals surface area contributed by atoms with E-state index in [9.17, 15) is 4.79 Å². The van der Waals surface area contributed by atoms with Crippen LogP contribution in [0.3, 0.4) is 0 Å². The summed E-state index contributed by atoms with van der Waals surface area (Å²) in [5, 5.41) is 9.50. The highest BCUT2D eigenvalue weighted by Gasteiger charge is 2.26. The van der Waals surface area contributed by atoms with Crippen LogP contribution in [-0.4, -0.2) is 27.3 Å². The first-order valence-electron chi connectivity index (χ1n) is 8.71. The molecule has 2 aromatic carbocycles. The zero-order chi connectivity index (χ0) is 19.2. The number of hydrogen-bond donors (Lipinski definition) is 0. The van der Waals surface area contributed by atoms with Crippen LogP contribution < -0.4 is 0 Å². The fraction of sp³-hybridized carbons (Fsp3) is 0.250. The standard InChI is InChI=1S/C20H20ClN3O2S/c1-3-24-18(15-10-12-16(21)13-11-15)22-23-20(24)27-17(19(25)26-4-2)14-8-6-5-7-9-14/h5-13,17H,3-4H2,1-2H3/t17-/m0/s1. The first kappa shape index (κ1) is 19.5. The Morgan fingerprint density at radius 1 is 1.11 bits per heavy atom. The molecule has 0 saturated heterocycles. The van der Waals surface area contributed by atoms with E-state index in [4.69, 9.17) is 16.3 Å². The van der Waals surface area contributed by atoms with Crippen molar-refractivity contribution < 1.29 is 9.53 Å². The molecule has 0 saturated carbocycles. The van der Waals surface area contributed by atoms with Crippen molar-refractivity contribution in [3.63, 3.8) is 0 Å². The summed E-state index contributed by atoms with van der Waals surface area (Å²) in [6.45, 7) is 4.84. The molecule has 7 heteroatoms. The smallest absolute Gasteiger partial charge is 0.324 e. The summed E-state index contributed by atoms with van der Waals surface area (Å²) in [6.07, 6.45) is 0.